The maximum atomic E-state index is 11.7. The maximum Gasteiger partial charge on any atom is 0.251 e. The molecule has 0 aliphatic rings. The number of nitrogens with one attached hydrogen (secondary N) is 2. The number of thiophene rings is 1. The number of halogens is 1. The molecule has 0 atom stereocenters. The van der Waals surface area contributed by atoms with Gasteiger partial charge in [0.25, 0.3) is 10.0 Å². The zero-order valence-corrected chi connectivity index (χ0v) is 12.8. The van der Waals surface area contributed by atoms with E-state index in [0.29, 0.717) is 4.47 Å². The van der Waals surface area contributed by atoms with Crippen molar-refractivity contribution < 1.29 is 16.8 Å². The van der Waals surface area contributed by atoms with Gasteiger partial charge in [-0.05, 0) is 34.4 Å². The number of hydrogen-bond acceptors (Lipinski definition) is 5. The molecule has 17 heavy (non-hydrogen) atoms. The first kappa shape index (κ1) is 15.1. The van der Waals surface area contributed by atoms with Gasteiger partial charge in [-0.3, -0.25) is 0 Å². The van der Waals surface area contributed by atoms with E-state index in [1.165, 1.54) is 7.05 Å². The van der Waals surface area contributed by atoms with Crippen molar-refractivity contribution in [3.63, 3.8) is 0 Å². The highest BCUT2D eigenvalue weighted by Crippen LogP contribution is 2.27. The van der Waals surface area contributed by atoms with Gasteiger partial charge >= 0.3 is 0 Å². The predicted molar refractivity (Wildman–Crippen MR) is 70.1 cm³/mol. The van der Waals surface area contributed by atoms with Crippen molar-refractivity contribution >= 4 is 47.3 Å². The van der Waals surface area contributed by atoms with Gasteiger partial charge in [-0.2, -0.15) is 0 Å². The Bertz CT molecular complexity index is 578. The van der Waals surface area contributed by atoms with Gasteiger partial charge in [-0.1, -0.05) is 0 Å². The lowest BCUT2D eigenvalue weighted by Gasteiger charge is -2.05. The minimum atomic E-state index is -3.65. The van der Waals surface area contributed by atoms with Crippen LogP contribution in [0, 0.1) is 0 Å². The molecule has 0 aliphatic heterocycles. The molecular formula is C7H11BrN2O4S3. The van der Waals surface area contributed by atoms with Crippen LogP contribution in [0.4, 0.5) is 0 Å². The Balaban J connectivity index is 2.68. The third kappa shape index (κ3) is 4.30. The fourth-order valence-corrected chi connectivity index (χ4v) is 5.07. The number of hydrogen-bond donors (Lipinski definition) is 2. The summed E-state index contributed by atoms with van der Waals surface area (Å²) < 4.78 is 50.6. The zero-order chi connectivity index (χ0) is 13.1. The molecule has 98 valence electrons. The van der Waals surface area contributed by atoms with Crippen LogP contribution in [-0.2, 0) is 20.0 Å². The maximum absolute atomic E-state index is 11.7. The first-order valence-electron chi connectivity index (χ1n) is 4.42. The van der Waals surface area contributed by atoms with Crippen LogP contribution in [0.15, 0.2) is 20.1 Å². The lowest BCUT2D eigenvalue weighted by Crippen LogP contribution is -2.32. The van der Waals surface area contributed by atoms with Crippen LogP contribution >= 0.6 is 27.3 Å². The zero-order valence-electron chi connectivity index (χ0n) is 8.80. The molecule has 0 unspecified atom stereocenters. The van der Waals surface area contributed by atoms with Crippen molar-refractivity contribution in [1.29, 1.82) is 0 Å². The second kappa shape index (κ2) is 5.76. The number of sulfonamides is 2. The fraction of sp³-hybridized carbons (Fsp3) is 0.429. The quantitative estimate of drug-likeness (QED) is 0.762. The van der Waals surface area contributed by atoms with Crippen molar-refractivity contribution in [3.8, 4) is 0 Å². The van der Waals surface area contributed by atoms with Crippen LogP contribution in [0.5, 0.6) is 0 Å². The second-order valence-electron chi connectivity index (χ2n) is 2.98. The van der Waals surface area contributed by atoms with Gasteiger partial charge in [-0.25, -0.2) is 26.3 Å². The second-order valence-corrected chi connectivity index (χ2v) is 8.76. The van der Waals surface area contributed by atoms with E-state index in [9.17, 15) is 16.8 Å². The third-order valence-corrected chi connectivity index (χ3v) is 7.30. The van der Waals surface area contributed by atoms with Gasteiger partial charge in [0, 0.05) is 11.0 Å². The molecule has 0 saturated heterocycles. The normalized spacial score (nSPS) is 12.8. The summed E-state index contributed by atoms with van der Waals surface area (Å²) in [6.07, 6.45) is 0. The van der Waals surface area contributed by atoms with Gasteiger partial charge in [0.2, 0.25) is 10.0 Å². The smallest absolute Gasteiger partial charge is 0.218 e. The van der Waals surface area contributed by atoms with Gasteiger partial charge in [0.1, 0.15) is 4.21 Å². The van der Waals surface area contributed by atoms with Crippen molar-refractivity contribution in [2.45, 2.75) is 4.21 Å². The third-order valence-electron chi connectivity index (χ3n) is 1.80. The lowest BCUT2D eigenvalue weighted by molar-refractivity contribution is 0.579. The molecule has 1 aromatic rings. The number of rotatable bonds is 6. The molecule has 1 heterocycles. The van der Waals surface area contributed by atoms with Crippen LogP contribution in [0.2, 0.25) is 0 Å². The molecule has 0 saturated carbocycles. The van der Waals surface area contributed by atoms with Crippen LogP contribution in [0.25, 0.3) is 0 Å². The molecule has 0 bridgehead atoms. The summed E-state index contributed by atoms with van der Waals surface area (Å²) in [5.74, 6) is -0.300. The first-order chi connectivity index (χ1) is 7.78. The molecule has 0 aliphatic carbocycles. The standard InChI is InChI=1S/C7H11BrN2O4S3/c1-9-16(11,12)5-3-10-17(13,14)7-6(8)2-4-15-7/h2,4,9-10H,3,5H2,1H3. The molecule has 1 rings (SSSR count). The summed E-state index contributed by atoms with van der Waals surface area (Å²) in [5, 5.41) is 1.63. The molecule has 0 fully saturated rings. The molecule has 10 heteroatoms. The van der Waals surface area contributed by atoms with E-state index in [4.69, 9.17) is 0 Å². The van der Waals surface area contributed by atoms with Crippen LogP contribution in [-0.4, -0.2) is 36.2 Å². The Labute approximate surface area is 113 Å². The van der Waals surface area contributed by atoms with Crippen molar-refractivity contribution in [3.05, 3.63) is 15.9 Å². The Morgan fingerprint density at radius 3 is 2.47 bits per heavy atom. The Hall–Kier alpha value is -0.000000000000000111. The lowest BCUT2D eigenvalue weighted by atomic mass is 10.7. The largest absolute Gasteiger partial charge is 0.251 e. The monoisotopic (exact) mass is 362 g/mol. The van der Waals surface area contributed by atoms with Crippen molar-refractivity contribution in [2.75, 3.05) is 19.3 Å². The van der Waals surface area contributed by atoms with E-state index in [2.05, 4.69) is 25.4 Å². The Kier molecular flexibility index (Phi) is 5.10. The molecule has 0 aromatic carbocycles. The summed E-state index contributed by atoms with van der Waals surface area (Å²) >= 11 is 4.17. The van der Waals surface area contributed by atoms with Gasteiger partial charge in [-0.15, -0.1) is 11.3 Å². The highest BCUT2D eigenvalue weighted by Gasteiger charge is 2.19. The highest BCUT2D eigenvalue weighted by atomic mass is 79.9. The van der Waals surface area contributed by atoms with E-state index in [0.717, 1.165) is 11.3 Å². The van der Waals surface area contributed by atoms with E-state index >= 15 is 0 Å². The summed E-state index contributed by atoms with van der Waals surface area (Å²) in [5.41, 5.74) is 0. The fourth-order valence-electron chi connectivity index (χ4n) is 0.950. The first-order valence-corrected chi connectivity index (χ1v) is 9.23. The predicted octanol–water partition coefficient (Wildman–Crippen LogP) is 0.338. The van der Waals surface area contributed by atoms with Crippen LogP contribution in [0.1, 0.15) is 0 Å². The minimum absolute atomic E-state index is 0.138. The molecule has 0 spiro atoms. The highest BCUT2D eigenvalue weighted by molar-refractivity contribution is 9.10. The van der Waals surface area contributed by atoms with Crippen LogP contribution in [0.3, 0.4) is 0 Å². The molecule has 0 amide bonds. The van der Waals surface area contributed by atoms with Crippen molar-refractivity contribution in [2.24, 2.45) is 0 Å². The van der Waals surface area contributed by atoms with Gasteiger partial charge < -0.3 is 0 Å². The molecule has 2 N–H and O–H groups in total. The molecule has 0 radical (unpaired) electrons. The Morgan fingerprint density at radius 1 is 1.35 bits per heavy atom. The van der Waals surface area contributed by atoms with E-state index in [1.54, 1.807) is 11.4 Å². The summed E-state index contributed by atoms with van der Waals surface area (Å²) in [7, 11) is -5.78. The summed E-state index contributed by atoms with van der Waals surface area (Å²) in [6.45, 7) is -0.171. The van der Waals surface area contributed by atoms with Gasteiger partial charge in [0.15, 0.2) is 0 Å². The average molecular weight is 363 g/mol. The molecule has 1 aromatic heterocycles. The molecule has 6 nitrogen and oxygen atoms in total. The summed E-state index contributed by atoms with van der Waals surface area (Å²) in [4.78, 5) is 0. The van der Waals surface area contributed by atoms with E-state index in [1.807, 2.05) is 0 Å². The van der Waals surface area contributed by atoms with E-state index < -0.39 is 20.0 Å². The van der Waals surface area contributed by atoms with E-state index in [-0.39, 0.29) is 16.5 Å². The average Bonchev–Trinajstić information content (AvgIpc) is 2.64. The topological polar surface area (TPSA) is 92.3 Å². The molecular weight excluding hydrogens is 352 g/mol. The summed E-state index contributed by atoms with van der Waals surface area (Å²) in [6, 6.07) is 1.61. The van der Waals surface area contributed by atoms with Crippen LogP contribution < -0.4 is 9.44 Å². The Morgan fingerprint density at radius 2 is 2.00 bits per heavy atom. The minimum Gasteiger partial charge on any atom is -0.218 e. The van der Waals surface area contributed by atoms with Crippen molar-refractivity contribution in [1.82, 2.24) is 9.44 Å². The SMILES string of the molecule is CNS(=O)(=O)CCNS(=O)(=O)c1sccc1Br. The van der Waals surface area contributed by atoms with Gasteiger partial charge in [0.05, 0.1) is 5.75 Å².